The Morgan fingerprint density at radius 1 is 1.32 bits per heavy atom. The summed E-state index contributed by atoms with van der Waals surface area (Å²) >= 11 is 0. The van der Waals surface area contributed by atoms with Gasteiger partial charge in [-0.2, -0.15) is 0 Å². The molecule has 0 saturated carbocycles. The third kappa shape index (κ3) is 10.3. The summed E-state index contributed by atoms with van der Waals surface area (Å²) in [6.45, 7) is 8.83. The summed E-state index contributed by atoms with van der Waals surface area (Å²) in [6.07, 6.45) is 2.18. The number of amides is 1. The van der Waals surface area contributed by atoms with E-state index >= 15 is 0 Å². The Labute approximate surface area is 114 Å². The van der Waals surface area contributed by atoms with Crippen LogP contribution < -0.4 is 5.32 Å². The molecular weight excluding hydrogens is 250 g/mol. The average molecular weight is 275 g/mol. The van der Waals surface area contributed by atoms with Gasteiger partial charge in [-0.25, -0.2) is 9.59 Å². The number of rotatable bonds is 3. The van der Waals surface area contributed by atoms with E-state index in [9.17, 15) is 9.59 Å². The number of hydrogen-bond acceptors (Lipinski definition) is 4. The molecule has 1 rings (SSSR count). The highest BCUT2D eigenvalue weighted by molar-refractivity contribution is 5.79. The summed E-state index contributed by atoms with van der Waals surface area (Å²) < 4.78 is 9.85. The van der Waals surface area contributed by atoms with Crippen molar-refractivity contribution < 1.29 is 24.2 Å². The molecule has 0 aromatic rings. The Hall–Kier alpha value is -1.30. The van der Waals surface area contributed by atoms with Crippen molar-refractivity contribution >= 4 is 12.1 Å². The van der Waals surface area contributed by atoms with Crippen LogP contribution in [0.5, 0.6) is 0 Å². The van der Waals surface area contributed by atoms with Gasteiger partial charge in [-0.1, -0.05) is 6.92 Å². The van der Waals surface area contributed by atoms with Gasteiger partial charge in [0.25, 0.3) is 0 Å². The van der Waals surface area contributed by atoms with Crippen LogP contribution in [0.4, 0.5) is 4.79 Å². The zero-order chi connectivity index (χ0) is 14.9. The van der Waals surface area contributed by atoms with Crippen LogP contribution in [0, 0.1) is 0 Å². The van der Waals surface area contributed by atoms with Gasteiger partial charge < -0.3 is 19.9 Å². The molecule has 0 aromatic heterocycles. The van der Waals surface area contributed by atoms with Gasteiger partial charge in [0.05, 0.1) is 0 Å². The summed E-state index contributed by atoms with van der Waals surface area (Å²) in [5.41, 5.74) is -0.610. The molecule has 0 aliphatic carbocycles. The lowest BCUT2D eigenvalue weighted by Crippen LogP contribution is -2.43. The number of carbonyl (C=O) groups excluding carboxylic acids is 1. The van der Waals surface area contributed by atoms with Crippen LogP contribution in [-0.4, -0.2) is 42.0 Å². The lowest BCUT2D eigenvalue weighted by atomic mass is 10.2. The van der Waals surface area contributed by atoms with E-state index in [-0.39, 0.29) is 0 Å². The Bertz CT molecular complexity index is 274. The molecule has 0 spiro atoms. The van der Waals surface area contributed by atoms with Gasteiger partial charge in [-0.05, 0) is 40.0 Å². The first-order valence-corrected chi connectivity index (χ1v) is 6.56. The van der Waals surface area contributed by atoms with Crippen LogP contribution in [-0.2, 0) is 14.3 Å². The molecule has 1 fully saturated rings. The number of ether oxygens (including phenoxy) is 2. The normalized spacial score (nSPS) is 16.0. The average Bonchev–Trinajstić information content (AvgIpc) is 2.81. The van der Waals surface area contributed by atoms with Crippen molar-refractivity contribution in [2.75, 3.05) is 13.2 Å². The number of hydrogen-bond donors (Lipinski definition) is 2. The molecule has 1 saturated heterocycles. The zero-order valence-corrected chi connectivity index (χ0v) is 12.2. The number of aliphatic carboxylic acids is 1. The van der Waals surface area contributed by atoms with Crippen molar-refractivity contribution in [1.29, 1.82) is 0 Å². The maximum absolute atomic E-state index is 11.1. The Balaban J connectivity index is 0.000000532. The van der Waals surface area contributed by atoms with Crippen LogP contribution >= 0.6 is 0 Å². The standard InChI is InChI=1S/C9H17NO4.C4H8O/c1-5-6(7(11)12)10-8(13)14-9(2,3)4;1-2-4-5-3-1/h6H,5H2,1-4H3,(H,10,13)(H,11,12);1-4H2. The molecule has 19 heavy (non-hydrogen) atoms. The van der Waals surface area contributed by atoms with E-state index in [4.69, 9.17) is 14.6 Å². The molecular formula is C13H25NO5. The van der Waals surface area contributed by atoms with Crippen molar-refractivity contribution in [3.05, 3.63) is 0 Å². The third-order valence-corrected chi connectivity index (χ3v) is 2.22. The summed E-state index contributed by atoms with van der Waals surface area (Å²) in [5.74, 6) is -1.06. The fourth-order valence-corrected chi connectivity index (χ4v) is 1.30. The second-order valence-electron chi connectivity index (χ2n) is 5.26. The molecule has 0 radical (unpaired) electrons. The highest BCUT2D eigenvalue weighted by Crippen LogP contribution is 2.07. The molecule has 2 N–H and O–H groups in total. The summed E-state index contributed by atoms with van der Waals surface area (Å²) in [6, 6.07) is -0.884. The number of nitrogens with one attached hydrogen (secondary N) is 1. The quantitative estimate of drug-likeness (QED) is 0.824. The number of carboxylic acids is 1. The topological polar surface area (TPSA) is 84.9 Å². The van der Waals surface area contributed by atoms with Crippen molar-refractivity contribution in [3.63, 3.8) is 0 Å². The fourth-order valence-electron chi connectivity index (χ4n) is 1.30. The number of alkyl carbamates (subject to hydrolysis) is 1. The molecule has 6 heteroatoms. The van der Waals surface area contributed by atoms with Crippen LogP contribution in [0.3, 0.4) is 0 Å². The first-order chi connectivity index (χ1) is 8.76. The SMILES string of the molecule is C1CCOC1.CCC(NC(=O)OC(C)(C)C)C(=O)O. The lowest BCUT2D eigenvalue weighted by molar-refractivity contribution is -0.139. The highest BCUT2D eigenvalue weighted by atomic mass is 16.6. The van der Waals surface area contributed by atoms with Crippen LogP contribution in [0.1, 0.15) is 47.0 Å². The second kappa shape index (κ2) is 8.74. The summed E-state index contributed by atoms with van der Waals surface area (Å²) in [7, 11) is 0. The molecule has 0 aromatic carbocycles. The first-order valence-electron chi connectivity index (χ1n) is 6.56. The smallest absolute Gasteiger partial charge is 0.408 e. The van der Waals surface area contributed by atoms with Crippen LogP contribution in [0.25, 0.3) is 0 Å². The molecule has 1 atom stereocenters. The van der Waals surface area contributed by atoms with Gasteiger partial charge in [0.2, 0.25) is 0 Å². The molecule has 112 valence electrons. The Morgan fingerprint density at radius 2 is 1.84 bits per heavy atom. The van der Waals surface area contributed by atoms with Gasteiger partial charge >= 0.3 is 12.1 Å². The van der Waals surface area contributed by atoms with E-state index in [0.29, 0.717) is 6.42 Å². The van der Waals surface area contributed by atoms with Gasteiger partial charge in [-0.3, -0.25) is 0 Å². The van der Waals surface area contributed by atoms with E-state index in [2.05, 4.69) is 5.32 Å². The Kier molecular flexibility index (Phi) is 8.14. The van der Waals surface area contributed by atoms with Crippen molar-refractivity contribution in [3.8, 4) is 0 Å². The van der Waals surface area contributed by atoms with Gasteiger partial charge in [0.1, 0.15) is 11.6 Å². The predicted octanol–water partition coefficient (Wildman–Crippen LogP) is 2.17. The molecule has 1 aliphatic rings. The number of carboxylic acid groups (broad SMARTS) is 1. The zero-order valence-electron chi connectivity index (χ0n) is 12.2. The minimum atomic E-state index is -1.06. The van der Waals surface area contributed by atoms with Gasteiger partial charge in [0, 0.05) is 13.2 Å². The molecule has 0 bridgehead atoms. The largest absolute Gasteiger partial charge is 0.480 e. The summed E-state index contributed by atoms with van der Waals surface area (Å²) in [4.78, 5) is 21.7. The lowest BCUT2D eigenvalue weighted by Gasteiger charge is -2.21. The van der Waals surface area contributed by atoms with E-state index in [0.717, 1.165) is 13.2 Å². The summed E-state index contributed by atoms with van der Waals surface area (Å²) in [5, 5.41) is 10.9. The molecule has 1 unspecified atom stereocenters. The molecule has 6 nitrogen and oxygen atoms in total. The van der Waals surface area contributed by atoms with Gasteiger partial charge in [-0.15, -0.1) is 0 Å². The van der Waals surface area contributed by atoms with Gasteiger partial charge in [0.15, 0.2) is 0 Å². The molecule has 1 amide bonds. The minimum Gasteiger partial charge on any atom is -0.480 e. The van der Waals surface area contributed by atoms with E-state index in [1.807, 2.05) is 0 Å². The highest BCUT2D eigenvalue weighted by Gasteiger charge is 2.22. The molecule has 1 aliphatic heterocycles. The van der Waals surface area contributed by atoms with Crippen molar-refractivity contribution in [2.24, 2.45) is 0 Å². The van der Waals surface area contributed by atoms with E-state index in [1.165, 1.54) is 12.8 Å². The monoisotopic (exact) mass is 275 g/mol. The minimum absolute atomic E-state index is 0.328. The molecule has 1 heterocycles. The van der Waals surface area contributed by atoms with Crippen molar-refractivity contribution in [2.45, 2.75) is 58.6 Å². The fraction of sp³-hybridized carbons (Fsp3) is 0.846. The van der Waals surface area contributed by atoms with Crippen LogP contribution in [0.2, 0.25) is 0 Å². The third-order valence-electron chi connectivity index (χ3n) is 2.22. The Morgan fingerprint density at radius 3 is 2.11 bits per heavy atom. The van der Waals surface area contributed by atoms with Crippen molar-refractivity contribution in [1.82, 2.24) is 5.32 Å². The predicted molar refractivity (Wildman–Crippen MR) is 71.1 cm³/mol. The maximum Gasteiger partial charge on any atom is 0.408 e. The first kappa shape index (κ1) is 17.7. The van der Waals surface area contributed by atoms with Crippen LogP contribution in [0.15, 0.2) is 0 Å². The second-order valence-corrected chi connectivity index (χ2v) is 5.26. The van der Waals surface area contributed by atoms with E-state index < -0.39 is 23.7 Å². The maximum atomic E-state index is 11.1. The van der Waals surface area contributed by atoms with E-state index in [1.54, 1.807) is 27.7 Å². The number of carbonyl (C=O) groups is 2.